The predicted molar refractivity (Wildman–Crippen MR) is 80.4 cm³/mol. The normalized spacial score (nSPS) is 18.9. The van der Waals surface area contributed by atoms with Crippen molar-refractivity contribution in [2.45, 2.75) is 32.2 Å². The van der Waals surface area contributed by atoms with Crippen LogP contribution >= 0.6 is 28.3 Å². The average Bonchev–Trinajstić information content (AvgIpc) is 2.34. The van der Waals surface area contributed by atoms with Gasteiger partial charge in [0.25, 0.3) is 0 Å². The highest BCUT2D eigenvalue weighted by atomic mass is 79.9. The zero-order valence-corrected chi connectivity index (χ0v) is 12.7. The highest BCUT2D eigenvalue weighted by Gasteiger charge is 2.20. The van der Waals surface area contributed by atoms with E-state index in [0.29, 0.717) is 0 Å². The number of carbonyl (C=O) groups is 1. The number of halogens is 2. The maximum absolute atomic E-state index is 12.0. The lowest BCUT2D eigenvalue weighted by Crippen LogP contribution is -2.43. The van der Waals surface area contributed by atoms with E-state index < -0.39 is 0 Å². The van der Waals surface area contributed by atoms with Crippen molar-refractivity contribution < 1.29 is 4.79 Å². The molecule has 0 aromatic heterocycles. The number of nitrogens with one attached hydrogen (secondary N) is 2. The molecule has 1 unspecified atom stereocenters. The molecule has 0 radical (unpaired) electrons. The first-order valence-corrected chi connectivity index (χ1v) is 6.76. The van der Waals surface area contributed by atoms with Crippen LogP contribution in [-0.4, -0.2) is 18.5 Å². The summed E-state index contributed by atoms with van der Waals surface area (Å²) in [4.78, 5) is 12.0. The molecule has 0 spiro atoms. The van der Waals surface area contributed by atoms with Gasteiger partial charge in [0, 0.05) is 10.2 Å². The number of hydrogen-bond acceptors (Lipinski definition) is 2. The Morgan fingerprint density at radius 2 is 2.22 bits per heavy atom. The summed E-state index contributed by atoms with van der Waals surface area (Å²) in [6, 6.07) is 5.84. The van der Waals surface area contributed by atoms with Gasteiger partial charge >= 0.3 is 0 Å². The van der Waals surface area contributed by atoms with Gasteiger partial charge < -0.3 is 10.6 Å². The van der Waals surface area contributed by atoms with E-state index in [9.17, 15) is 4.79 Å². The molecule has 1 aliphatic rings. The summed E-state index contributed by atoms with van der Waals surface area (Å²) in [6.07, 6.45) is 3.23. The second-order valence-corrected chi connectivity index (χ2v) is 5.37. The van der Waals surface area contributed by atoms with Gasteiger partial charge in [-0.15, -0.1) is 12.4 Å². The lowest BCUT2D eigenvalue weighted by molar-refractivity contribution is -0.118. The summed E-state index contributed by atoms with van der Waals surface area (Å²) in [5.41, 5.74) is 1.97. The van der Waals surface area contributed by atoms with Crippen molar-refractivity contribution in [2.75, 3.05) is 11.9 Å². The minimum Gasteiger partial charge on any atom is -0.324 e. The Morgan fingerprint density at radius 1 is 1.44 bits per heavy atom. The molecule has 2 rings (SSSR count). The number of rotatable bonds is 2. The molecule has 18 heavy (non-hydrogen) atoms. The van der Waals surface area contributed by atoms with E-state index in [4.69, 9.17) is 0 Å². The van der Waals surface area contributed by atoms with Crippen molar-refractivity contribution in [3.8, 4) is 0 Å². The lowest BCUT2D eigenvalue weighted by Gasteiger charge is -2.23. The molecular weight excluding hydrogens is 316 g/mol. The summed E-state index contributed by atoms with van der Waals surface area (Å²) in [5.74, 6) is 0.0788. The quantitative estimate of drug-likeness (QED) is 0.872. The number of anilines is 1. The molecule has 1 amide bonds. The second kappa shape index (κ2) is 7.12. The number of aryl methyl sites for hydroxylation is 1. The van der Waals surface area contributed by atoms with Crippen LogP contribution in [-0.2, 0) is 4.79 Å². The highest BCUT2D eigenvalue weighted by Crippen LogP contribution is 2.20. The Hall–Kier alpha value is -0.580. The number of benzene rings is 1. The number of hydrogen-bond donors (Lipinski definition) is 2. The van der Waals surface area contributed by atoms with Crippen LogP contribution in [0.4, 0.5) is 5.69 Å². The topological polar surface area (TPSA) is 41.1 Å². The number of piperidine rings is 1. The van der Waals surface area contributed by atoms with Crippen molar-refractivity contribution >= 4 is 39.9 Å². The molecule has 1 aromatic rings. The van der Waals surface area contributed by atoms with Gasteiger partial charge in [-0.25, -0.2) is 0 Å². The molecule has 3 nitrogen and oxygen atoms in total. The summed E-state index contributed by atoms with van der Waals surface area (Å²) >= 11 is 3.41. The molecule has 1 fully saturated rings. The van der Waals surface area contributed by atoms with E-state index in [1.54, 1.807) is 0 Å². The summed E-state index contributed by atoms with van der Waals surface area (Å²) in [7, 11) is 0. The predicted octanol–water partition coefficient (Wildman–Crippen LogP) is 3.26. The molecule has 5 heteroatoms. The molecular formula is C13H18BrClN2O. The first kappa shape index (κ1) is 15.5. The fourth-order valence-corrected chi connectivity index (χ4v) is 2.54. The van der Waals surface area contributed by atoms with Crippen LogP contribution in [0.15, 0.2) is 22.7 Å². The highest BCUT2D eigenvalue weighted by molar-refractivity contribution is 9.10. The molecule has 0 aliphatic carbocycles. The van der Waals surface area contributed by atoms with Crippen LogP contribution in [0.5, 0.6) is 0 Å². The maximum Gasteiger partial charge on any atom is 0.241 e. The SMILES string of the molecule is Cc1cc(Br)ccc1NC(=O)C1CCCCN1.Cl. The van der Waals surface area contributed by atoms with E-state index in [0.717, 1.165) is 35.1 Å². The standard InChI is InChI=1S/C13H17BrN2O.ClH/c1-9-8-10(14)5-6-11(9)16-13(17)12-4-2-3-7-15-12;/h5-6,8,12,15H,2-4,7H2,1H3,(H,16,17);1H. The van der Waals surface area contributed by atoms with Crippen LogP contribution in [0.25, 0.3) is 0 Å². The van der Waals surface area contributed by atoms with Crippen LogP contribution in [0.2, 0.25) is 0 Å². The van der Waals surface area contributed by atoms with Gasteiger partial charge in [0.1, 0.15) is 0 Å². The molecule has 0 saturated carbocycles. The van der Waals surface area contributed by atoms with Crippen LogP contribution in [0, 0.1) is 6.92 Å². The number of carbonyl (C=O) groups excluding carboxylic acids is 1. The first-order chi connectivity index (χ1) is 8.16. The van der Waals surface area contributed by atoms with Gasteiger partial charge in [0.05, 0.1) is 6.04 Å². The first-order valence-electron chi connectivity index (χ1n) is 5.97. The summed E-state index contributed by atoms with van der Waals surface area (Å²) in [6.45, 7) is 2.94. The molecule has 1 saturated heterocycles. The van der Waals surface area contributed by atoms with Crippen molar-refractivity contribution in [3.63, 3.8) is 0 Å². The molecule has 1 aliphatic heterocycles. The summed E-state index contributed by atoms with van der Waals surface area (Å²) in [5, 5.41) is 6.23. The third-order valence-corrected chi connectivity index (χ3v) is 3.57. The van der Waals surface area contributed by atoms with Gasteiger partial charge in [-0.05, 0) is 50.1 Å². The Balaban J connectivity index is 0.00000162. The fourth-order valence-electron chi connectivity index (χ4n) is 2.06. The fraction of sp³-hybridized carbons (Fsp3) is 0.462. The third-order valence-electron chi connectivity index (χ3n) is 3.07. The molecule has 1 aromatic carbocycles. The minimum absolute atomic E-state index is 0. The van der Waals surface area contributed by atoms with Crippen molar-refractivity contribution in [2.24, 2.45) is 0 Å². The number of amides is 1. The van der Waals surface area contributed by atoms with Gasteiger partial charge in [-0.2, -0.15) is 0 Å². The van der Waals surface area contributed by atoms with Crippen molar-refractivity contribution in [1.82, 2.24) is 5.32 Å². The molecule has 2 N–H and O–H groups in total. The average molecular weight is 334 g/mol. The van der Waals surface area contributed by atoms with Gasteiger partial charge in [-0.1, -0.05) is 22.4 Å². The Labute approximate surface area is 122 Å². The molecule has 1 atom stereocenters. The Bertz CT molecular complexity index is 419. The van der Waals surface area contributed by atoms with Crippen molar-refractivity contribution in [1.29, 1.82) is 0 Å². The van der Waals surface area contributed by atoms with Crippen molar-refractivity contribution in [3.05, 3.63) is 28.2 Å². The molecule has 0 bridgehead atoms. The van der Waals surface area contributed by atoms with Crippen LogP contribution in [0.3, 0.4) is 0 Å². The van der Waals surface area contributed by atoms with Gasteiger partial charge in [0.15, 0.2) is 0 Å². The smallest absolute Gasteiger partial charge is 0.241 e. The van der Waals surface area contributed by atoms with Gasteiger partial charge in [-0.3, -0.25) is 4.79 Å². The molecule has 1 heterocycles. The zero-order chi connectivity index (χ0) is 12.3. The Kier molecular flexibility index (Phi) is 6.12. The van der Waals surface area contributed by atoms with E-state index in [1.807, 2.05) is 25.1 Å². The monoisotopic (exact) mass is 332 g/mol. The van der Waals surface area contributed by atoms with E-state index in [1.165, 1.54) is 6.42 Å². The largest absolute Gasteiger partial charge is 0.324 e. The van der Waals surface area contributed by atoms with Crippen LogP contribution in [0.1, 0.15) is 24.8 Å². The van der Waals surface area contributed by atoms with E-state index in [-0.39, 0.29) is 24.4 Å². The van der Waals surface area contributed by atoms with E-state index in [2.05, 4.69) is 26.6 Å². The van der Waals surface area contributed by atoms with E-state index >= 15 is 0 Å². The zero-order valence-electron chi connectivity index (χ0n) is 10.3. The second-order valence-electron chi connectivity index (χ2n) is 4.45. The summed E-state index contributed by atoms with van der Waals surface area (Å²) < 4.78 is 1.03. The third kappa shape index (κ3) is 3.97. The maximum atomic E-state index is 12.0. The molecule has 100 valence electrons. The Morgan fingerprint density at radius 3 is 2.83 bits per heavy atom. The minimum atomic E-state index is -0.0354. The lowest BCUT2D eigenvalue weighted by atomic mass is 10.0. The van der Waals surface area contributed by atoms with Crippen LogP contribution < -0.4 is 10.6 Å². The van der Waals surface area contributed by atoms with Gasteiger partial charge in [0.2, 0.25) is 5.91 Å².